The molecule has 2 aromatic rings. The van der Waals surface area contributed by atoms with Gasteiger partial charge in [0.1, 0.15) is 23.5 Å². The van der Waals surface area contributed by atoms with Gasteiger partial charge >= 0.3 is 0 Å². The standard InChI is InChI=1S/C29H40N4O2S/c1-8-29(14-15-33(9-2)20-36-32-27(30-7)28(4,5)6)21(3)16-24-17-25(31-18-26(24)35-29)23-12-10-22(19-34)11-13-23/h10-13,17-19,21H,7-9,14-16,20H2,1-6H3/b32-27-. The molecule has 1 aliphatic rings. The Morgan fingerprint density at radius 1 is 1.31 bits per heavy atom. The first-order valence-corrected chi connectivity index (χ1v) is 13.7. The minimum atomic E-state index is -0.220. The number of rotatable bonds is 10. The highest BCUT2D eigenvalue weighted by Gasteiger charge is 2.41. The summed E-state index contributed by atoms with van der Waals surface area (Å²) in [5.74, 6) is 2.85. The van der Waals surface area contributed by atoms with E-state index < -0.39 is 0 Å². The predicted molar refractivity (Wildman–Crippen MR) is 152 cm³/mol. The first-order chi connectivity index (χ1) is 17.2. The van der Waals surface area contributed by atoms with Crippen LogP contribution in [0.25, 0.3) is 11.3 Å². The summed E-state index contributed by atoms with van der Waals surface area (Å²) < 4.78 is 11.3. The summed E-state index contributed by atoms with van der Waals surface area (Å²) in [5, 5.41) is 0. The van der Waals surface area contributed by atoms with Gasteiger partial charge in [-0.15, -0.1) is 0 Å². The number of nitrogens with zero attached hydrogens (tertiary/aromatic N) is 4. The third-order valence-electron chi connectivity index (χ3n) is 7.14. The van der Waals surface area contributed by atoms with Crippen molar-refractivity contribution in [1.82, 2.24) is 9.88 Å². The Balaban J connectivity index is 1.69. The number of aliphatic imine (C=N–C) groups is 1. The maximum Gasteiger partial charge on any atom is 0.150 e. The molecule has 0 bridgehead atoms. The quantitative estimate of drug-likeness (QED) is 0.117. The first-order valence-electron chi connectivity index (χ1n) is 12.8. The fraction of sp³-hybridized carbons (Fsp3) is 0.517. The van der Waals surface area contributed by atoms with E-state index >= 15 is 0 Å². The van der Waals surface area contributed by atoms with Gasteiger partial charge in [-0.2, -0.15) is 4.40 Å². The number of pyridine rings is 1. The lowest BCUT2D eigenvalue weighted by Gasteiger charge is -2.44. The molecule has 0 aliphatic carbocycles. The van der Waals surface area contributed by atoms with Gasteiger partial charge in [0, 0.05) is 35.4 Å². The zero-order valence-corrected chi connectivity index (χ0v) is 23.4. The largest absolute Gasteiger partial charge is 0.485 e. The van der Waals surface area contributed by atoms with Gasteiger partial charge in [-0.1, -0.05) is 65.8 Å². The number of fused-ring (bicyclic) bond motifs is 1. The van der Waals surface area contributed by atoms with Gasteiger partial charge in [0.15, 0.2) is 0 Å². The number of hydrogen-bond acceptors (Lipinski definition) is 6. The highest BCUT2D eigenvalue weighted by Crippen LogP contribution is 2.42. The monoisotopic (exact) mass is 508 g/mol. The van der Waals surface area contributed by atoms with E-state index in [0.29, 0.717) is 11.5 Å². The minimum absolute atomic E-state index is 0.107. The van der Waals surface area contributed by atoms with Gasteiger partial charge in [-0.3, -0.25) is 14.7 Å². The molecule has 0 N–H and O–H groups in total. The Kier molecular flexibility index (Phi) is 9.47. The van der Waals surface area contributed by atoms with E-state index in [9.17, 15) is 4.79 Å². The fourth-order valence-electron chi connectivity index (χ4n) is 4.59. The topological polar surface area (TPSA) is 67.2 Å². The van der Waals surface area contributed by atoms with Crippen LogP contribution >= 0.6 is 11.9 Å². The van der Waals surface area contributed by atoms with Crippen LogP contribution in [0.3, 0.4) is 0 Å². The van der Waals surface area contributed by atoms with Crippen LogP contribution in [0, 0.1) is 11.3 Å². The van der Waals surface area contributed by atoms with E-state index in [0.717, 1.165) is 67.4 Å². The number of carbonyl (C=O) groups is 1. The smallest absolute Gasteiger partial charge is 0.150 e. The average molecular weight is 509 g/mol. The molecule has 6 nitrogen and oxygen atoms in total. The highest BCUT2D eigenvalue weighted by molar-refractivity contribution is 7.98. The lowest BCUT2D eigenvalue weighted by molar-refractivity contribution is -0.0176. The molecule has 2 unspecified atom stereocenters. The lowest BCUT2D eigenvalue weighted by atomic mass is 9.77. The molecule has 36 heavy (non-hydrogen) atoms. The summed E-state index contributed by atoms with van der Waals surface area (Å²) in [6.07, 6.45) is 5.57. The molecule has 3 rings (SSSR count). The minimum Gasteiger partial charge on any atom is -0.485 e. The maximum atomic E-state index is 11.0. The molecule has 0 saturated heterocycles. The van der Waals surface area contributed by atoms with Crippen molar-refractivity contribution in [2.45, 2.75) is 66.4 Å². The zero-order valence-electron chi connectivity index (χ0n) is 22.6. The summed E-state index contributed by atoms with van der Waals surface area (Å²) in [4.78, 5) is 22.2. The van der Waals surface area contributed by atoms with Gasteiger partial charge in [-0.25, -0.2) is 4.99 Å². The molecule has 0 fully saturated rings. The van der Waals surface area contributed by atoms with Crippen molar-refractivity contribution in [3.63, 3.8) is 0 Å². The first kappa shape index (κ1) is 28.1. The number of aldehydes is 1. The summed E-state index contributed by atoms with van der Waals surface area (Å²) in [5.41, 5.74) is 3.44. The summed E-state index contributed by atoms with van der Waals surface area (Å²) >= 11 is 1.54. The van der Waals surface area contributed by atoms with E-state index in [4.69, 9.17) is 4.74 Å². The average Bonchev–Trinajstić information content (AvgIpc) is 2.87. The van der Waals surface area contributed by atoms with Crippen molar-refractivity contribution in [2.75, 3.05) is 19.0 Å². The van der Waals surface area contributed by atoms with Crippen LogP contribution < -0.4 is 4.74 Å². The van der Waals surface area contributed by atoms with E-state index in [1.807, 2.05) is 30.5 Å². The van der Waals surface area contributed by atoms with Crippen LogP contribution in [0.2, 0.25) is 0 Å². The van der Waals surface area contributed by atoms with E-state index in [-0.39, 0.29) is 11.0 Å². The van der Waals surface area contributed by atoms with Gasteiger partial charge in [0.05, 0.1) is 17.8 Å². The Hall–Kier alpha value is -2.51. The van der Waals surface area contributed by atoms with Crippen LogP contribution in [0.1, 0.15) is 70.3 Å². The van der Waals surface area contributed by atoms with Crippen molar-refractivity contribution in [3.05, 3.63) is 47.7 Å². The van der Waals surface area contributed by atoms with Crippen molar-refractivity contribution < 1.29 is 9.53 Å². The van der Waals surface area contributed by atoms with Crippen LogP contribution in [-0.2, 0) is 6.42 Å². The van der Waals surface area contributed by atoms with Gasteiger partial charge in [0.25, 0.3) is 0 Å². The van der Waals surface area contributed by atoms with Crippen LogP contribution in [0.4, 0.5) is 0 Å². The number of ether oxygens (including phenoxy) is 1. The van der Waals surface area contributed by atoms with Crippen molar-refractivity contribution in [2.24, 2.45) is 20.7 Å². The van der Waals surface area contributed by atoms with Crippen molar-refractivity contribution in [3.8, 4) is 17.0 Å². The second-order valence-corrected chi connectivity index (χ2v) is 11.3. The Morgan fingerprint density at radius 2 is 2.03 bits per heavy atom. The third kappa shape index (κ3) is 6.62. The molecule has 0 spiro atoms. The summed E-state index contributed by atoms with van der Waals surface area (Å²) in [7, 11) is 0. The number of hydrogen-bond donors (Lipinski definition) is 0. The molecule has 1 aromatic carbocycles. The predicted octanol–water partition coefficient (Wildman–Crippen LogP) is 6.74. The molecule has 0 amide bonds. The zero-order chi connectivity index (χ0) is 26.3. The maximum absolute atomic E-state index is 11.0. The van der Waals surface area contributed by atoms with E-state index in [2.05, 4.69) is 73.6 Å². The number of benzene rings is 1. The molecule has 1 aliphatic heterocycles. The van der Waals surface area contributed by atoms with Crippen LogP contribution in [0.5, 0.6) is 5.75 Å². The molecule has 0 radical (unpaired) electrons. The molecule has 2 atom stereocenters. The second kappa shape index (κ2) is 12.2. The van der Waals surface area contributed by atoms with Gasteiger partial charge in [0.2, 0.25) is 0 Å². The second-order valence-electron chi connectivity index (χ2n) is 10.6. The molecular weight excluding hydrogens is 468 g/mol. The molecule has 0 saturated carbocycles. The lowest BCUT2D eigenvalue weighted by Crippen LogP contribution is -2.48. The van der Waals surface area contributed by atoms with Gasteiger partial charge in [-0.05, 0) is 49.7 Å². The highest BCUT2D eigenvalue weighted by atomic mass is 32.2. The van der Waals surface area contributed by atoms with Crippen molar-refractivity contribution >= 4 is 30.8 Å². The van der Waals surface area contributed by atoms with Gasteiger partial charge < -0.3 is 4.74 Å². The van der Waals surface area contributed by atoms with Crippen LogP contribution in [-0.4, -0.2) is 53.3 Å². The molecule has 1 aromatic heterocycles. The molecule has 194 valence electrons. The van der Waals surface area contributed by atoms with E-state index in [1.165, 1.54) is 17.5 Å². The number of aromatic nitrogens is 1. The SMILES string of the molecule is C=N/C(=N\SCN(CC)CCC1(CC)Oc2cnc(-c3ccc(C=O)cc3)cc2CC1C)C(C)(C)C. The summed E-state index contributed by atoms with van der Waals surface area (Å²) in [6, 6.07) is 9.67. The number of carbonyl (C=O) groups excluding carboxylic acids is 1. The normalized spacial score (nSPS) is 20.1. The molecule has 2 heterocycles. The Labute approximate surface area is 220 Å². The van der Waals surface area contributed by atoms with E-state index in [1.54, 1.807) is 0 Å². The molecular formula is C29H40N4O2S. The molecule has 7 heteroatoms. The Bertz CT molecular complexity index is 1080. The third-order valence-corrected chi connectivity index (χ3v) is 7.92. The van der Waals surface area contributed by atoms with Crippen molar-refractivity contribution in [1.29, 1.82) is 0 Å². The van der Waals surface area contributed by atoms with Crippen LogP contribution in [0.15, 0.2) is 45.9 Å². The fourth-order valence-corrected chi connectivity index (χ4v) is 5.58. The summed E-state index contributed by atoms with van der Waals surface area (Å²) in [6.45, 7) is 18.6. The number of amidine groups is 1. The Morgan fingerprint density at radius 3 is 2.61 bits per heavy atom.